The summed E-state index contributed by atoms with van der Waals surface area (Å²) in [7, 11) is 1.79. The number of aromatic nitrogens is 1. The first-order valence-electron chi connectivity index (χ1n) is 11.9. The van der Waals surface area contributed by atoms with Crippen LogP contribution in [0.1, 0.15) is 64.9 Å². The zero-order valence-corrected chi connectivity index (χ0v) is 19.8. The molecule has 0 aromatic carbocycles. The molecule has 0 spiro atoms. The van der Waals surface area contributed by atoms with E-state index in [9.17, 15) is 4.79 Å². The molecule has 3 aliphatic rings. The maximum atomic E-state index is 12.7. The lowest BCUT2D eigenvalue weighted by Crippen LogP contribution is -2.54. The second-order valence-corrected chi connectivity index (χ2v) is 10.3. The molecule has 2 aliphatic heterocycles. The van der Waals surface area contributed by atoms with Crippen molar-refractivity contribution in [2.75, 3.05) is 13.7 Å². The number of nitrogens with one attached hydrogen (secondary N) is 2. The van der Waals surface area contributed by atoms with Crippen LogP contribution in [0.5, 0.6) is 5.88 Å². The zero-order chi connectivity index (χ0) is 22.7. The van der Waals surface area contributed by atoms with Crippen molar-refractivity contribution < 1.29 is 14.3 Å². The molecule has 32 heavy (non-hydrogen) atoms. The fraction of sp³-hybridized carbons (Fsp3) is 0.708. The lowest BCUT2D eigenvalue weighted by Gasteiger charge is -2.40. The highest BCUT2D eigenvalue weighted by atomic mass is 16.6. The molecule has 1 saturated carbocycles. The highest BCUT2D eigenvalue weighted by Gasteiger charge is 2.45. The Morgan fingerprint density at radius 2 is 1.94 bits per heavy atom. The molecule has 1 aromatic rings. The first kappa shape index (κ1) is 22.7. The van der Waals surface area contributed by atoms with Gasteiger partial charge in [0.05, 0.1) is 6.61 Å². The third-order valence-corrected chi connectivity index (χ3v) is 6.32. The summed E-state index contributed by atoms with van der Waals surface area (Å²) in [6, 6.07) is 4.72. The molecular formula is C24H37N5O3. The van der Waals surface area contributed by atoms with E-state index in [-0.39, 0.29) is 24.2 Å². The summed E-state index contributed by atoms with van der Waals surface area (Å²) in [5.74, 6) is 2.17. The van der Waals surface area contributed by atoms with Crippen molar-refractivity contribution >= 4 is 12.1 Å². The summed E-state index contributed by atoms with van der Waals surface area (Å²) in [5.41, 5.74) is 0.640. The van der Waals surface area contributed by atoms with Crippen LogP contribution in [0, 0.1) is 5.92 Å². The van der Waals surface area contributed by atoms with E-state index in [1.165, 1.54) is 12.8 Å². The average molecular weight is 444 g/mol. The fourth-order valence-corrected chi connectivity index (χ4v) is 4.61. The Morgan fingerprint density at radius 1 is 1.22 bits per heavy atom. The molecule has 1 aromatic heterocycles. The van der Waals surface area contributed by atoms with E-state index in [1.807, 2.05) is 37.8 Å². The van der Waals surface area contributed by atoms with Crippen molar-refractivity contribution in [1.82, 2.24) is 20.5 Å². The third-order valence-electron chi connectivity index (χ3n) is 6.32. The molecular weight excluding hydrogens is 406 g/mol. The van der Waals surface area contributed by atoms with Crippen LogP contribution in [0.4, 0.5) is 4.79 Å². The Labute approximate surface area is 191 Å². The van der Waals surface area contributed by atoms with Gasteiger partial charge in [-0.15, -0.1) is 0 Å². The Bertz CT molecular complexity index is 819. The van der Waals surface area contributed by atoms with E-state index in [0.717, 1.165) is 43.8 Å². The van der Waals surface area contributed by atoms with Gasteiger partial charge in [0.1, 0.15) is 5.60 Å². The van der Waals surface area contributed by atoms with Crippen LogP contribution < -0.4 is 15.4 Å². The summed E-state index contributed by atoms with van der Waals surface area (Å²) in [6.45, 7) is 7.16. The molecule has 1 amide bonds. The van der Waals surface area contributed by atoms with Crippen LogP contribution >= 0.6 is 0 Å². The number of piperidine rings is 1. The molecule has 2 bridgehead atoms. The number of nitrogens with zero attached hydrogens (tertiary/aromatic N) is 3. The van der Waals surface area contributed by atoms with Crippen LogP contribution in [-0.2, 0) is 11.3 Å². The number of amides is 1. The SMILES string of the molecule is CN=C(NCc1ccnc(OCC2CC2)c1)NC1CC2CCC(C1)N2C(=O)OC(C)(C)C. The molecule has 8 heteroatoms. The van der Waals surface area contributed by atoms with E-state index >= 15 is 0 Å². The van der Waals surface area contributed by atoms with Gasteiger partial charge in [0.2, 0.25) is 5.88 Å². The van der Waals surface area contributed by atoms with Gasteiger partial charge in [0, 0.05) is 44.0 Å². The Hall–Kier alpha value is -2.51. The van der Waals surface area contributed by atoms with Crippen LogP contribution in [0.2, 0.25) is 0 Å². The molecule has 1 aliphatic carbocycles. The number of carbonyl (C=O) groups excluding carboxylic acids is 1. The van der Waals surface area contributed by atoms with Gasteiger partial charge in [-0.2, -0.15) is 0 Å². The number of fused-ring (bicyclic) bond motifs is 2. The quantitative estimate of drug-likeness (QED) is 0.517. The summed E-state index contributed by atoms with van der Waals surface area (Å²) in [4.78, 5) is 23.3. The highest BCUT2D eigenvalue weighted by Crippen LogP contribution is 2.36. The number of hydrogen-bond acceptors (Lipinski definition) is 5. The maximum absolute atomic E-state index is 12.7. The van der Waals surface area contributed by atoms with Gasteiger partial charge in [-0.1, -0.05) is 0 Å². The molecule has 2 unspecified atom stereocenters. The largest absolute Gasteiger partial charge is 0.477 e. The molecule has 2 atom stereocenters. The summed E-state index contributed by atoms with van der Waals surface area (Å²) in [5, 5.41) is 6.96. The molecule has 3 fully saturated rings. The van der Waals surface area contributed by atoms with Gasteiger partial charge in [0.25, 0.3) is 0 Å². The van der Waals surface area contributed by atoms with Crippen molar-refractivity contribution in [2.24, 2.45) is 10.9 Å². The molecule has 0 radical (unpaired) electrons. The standard InChI is InChI=1S/C24H37N5O3/c1-24(2,3)32-23(30)29-19-7-8-20(29)13-18(12-19)28-22(25-4)27-14-17-9-10-26-21(11-17)31-15-16-5-6-16/h9-11,16,18-20H,5-8,12-15H2,1-4H3,(H2,25,27,28). The van der Waals surface area contributed by atoms with E-state index < -0.39 is 5.60 Å². The summed E-state index contributed by atoms with van der Waals surface area (Å²) >= 11 is 0. The van der Waals surface area contributed by atoms with Gasteiger partial charge in [-0.3, -0.25) is 4.99 Å². The van der Waals surface area contributed by atoms with Gasteiger partial charge >= 0.3 is 6.09 Å². The molecule has 176 valence electrons. The lowest BCUT2D eigenvalue weighted by molar-refractivity contribution is 0.00545. The molecule has 4 rings (SSSR count). The zero-order valence-electron chi connectivity index (χ0n) is 19.8. The molecule has 2 N–H and O–H groups in total. The average Bonchev–Trinajstić information content (AvgIpc) is 3.52. The number of aliphatic imine (C=N–C) groups is 1. The minimum Gasteiger partial charge on any atom is -0.477 e. The number of guanidine groups is 1. The minimum absolute atomic E-state index is 0.177. The number of ether oxygens (including phenoxy) is 2. The van der Waals surface area contributed by atoms with E-state index in [4.69, 9.17) is 9.47 Å². The van der Waals surface area contributed by atoms with Gasteiger partial charge < -0.3 is 25.0 Å². The number of carbonyl (C=O) groups is 1. The van der Waals surface area contributed by atoms with Gasteiger partial charge in [0.15, 0.2) is 5.96 Å². The van der Waals surface area contributed by atoms with Crippen LogP contribution in [0.15, 0.2) is 23.3 Å². The topological polar surface area (TPSA) is 88.1 Å². The smallest absolute Gasteiger partial charge is 0.410 e. The molecule has 3 heterocycles. The van der Waals surface area contributed by atoms with Crippen molar-refractivity contribution in [1.29, 1.82) is 0 Å². The van der Waals surface area contributed by atoms with E-state index in [0.29, 0.717) is 18.3 Å². The van der Waals surface area contributed by atoms with E-state index in [1.54, 1.807) is 13.2 Å². The van der Waals surface area contributed by atoms with Crippen LogP contribution in [0.25, 0.3) is 0 Å². The lowest BCUT2D eigenvalue weighted by atomic mass is 9.98. The Kier molecular flexibility index (Phi) is 6.76. The normalized spacial score (nSPS) is 25.4. The monoisotopic (exact) mass is 443 g/mol. The number of pyridine rings is 1. The highest BCUT2D eigenvalue weighted by molar-refractivity contribution is 5.80. The van der Waals surface area contributed by atoms with Crippen molar-refractivity contribution in [3.8, 4) is 5.88 Å². The Morgan fingerprint density at radius 3 is 2.56 bits per heavy atom. The van der Waals surface area contributed by atoms with Crippen molar-refractivity contribution in [2.45, 2.75) is 89.6 Å². The van der Waals surface area contributed by atoms with Crippen LogP contribution in [0.3, 0.4) is 0 Å². The van der Waals surface area contributed by atoms with Gasteiger partial charge in [-0.25, -0.2) is 9.78 Å². The van der Waals surface area contributed by atoms with Crippen molar-refractivity contribution in [3.05, 3.63) is 23.9 Å². The molecule has 2 saturated heterocycles. The minimum atomic E-state index is -0.465. The second kappa shape index (κ2) is 9.55. The summed E-state index contributed by atoms with van der Waals surface area (Å²) in [6.07, 6.45) is 8.03. The Balaban J connectivity index is 1.27. The van der Waals surface area contributed by atoms with E-state index in [2.05, 4.69) is 20.6 Å². The number of hydrogen-bond donors (Lipinski definition) is 2. The fourth-order valence-electron chi connectivity index (χ4n) is 4.61. The predicted molar refractivity (Wildman–Crippen MR) is 124 cm³/mol. The summed E-state index contributed by atoms with van der Waals surface area (Å²) < 4.78 is 11.4. The maximum Gasteiger partial charge on any atom is 0.410 e. The molecule has 8 nitrogen and oxygen atoms in total. The van der Waals surface area contributed by atoms with Gasteiger partial charge in [-0.05, 0) is 76.8 Å². The third kappa shape index (κ3) is 6.04. The first-order valence-corrected chi connectivity index (χ1v) is 11.9. The number of rotatable bonds is 6. The predicted octanol–water partition coefficient (Wildman–Crippen LogP) is 3.47. The second-order valence-electron chi connectivity index (χ2n) is 10.3. The van der Waals surface area contributed by atoms with Crippen LogP contribution in [-0.4, -0.2) is 59.3 Å². The van der Waals surface area contributed by atoms with Crippen molar-refractivity contribution in [3.63, 3.8) is 0 Å². The first-order chi connectivity index (χ1) is 15.3.